The monoisotopic (exact) mass is 581 g/mol. The number of carbonyl (C=O) groups excluding carboxylic acids is 2. The van der Waals surface area contributed by atoms with Crippen molar-refractivity contribution in [3.05, 3.63) is 63.6 Å². The topological polar surface area (TPSA) is 86.8 Å². The number of anilines is 1. The van der Waals surface area contributed by atoms with E-state index in [4.69, 9.17) is 23.2 Å². The van der Waals surface area contributed by atoms with Crippen LogP contribution in [0.4, 0.5) is 5.69 Å². The number of amides is 2. The molecule has 0 heterocycles. The van der Waals surface area contributed by atoms with Gasteiger partial charge in [-0.3, -0.25) is 13.9 Å². The molecule has 0 spiro atoms. The number of nitrogens with zero attached hydrogens (tertiary/aromatic N) is 2. The molecular formula is C28H37Cl2N3O4S. The van der Waals surface area contributed by atoms with E-state index in [0.29, 0.717) is 21.3 Å². The summed E-state index contributed by atoms with van der Waals surface area (Å²) in [6, 6.07) is 11.7. The van der Waals surface area contributed by atoms with Crippen molar-refractivity contribution >= 4 is 50.7 Å². The van der Waals surface area contributed by atoms with Crippen LogP contribution in [0.15, 0.2) is 42.5 Å². The third-order valence-corrected chi connectivity index (χ3v) is 8.89. The molecule has 1 N–H and O–H groups in total. The maximum absolute atomic E-state index is 13.5. The summed E-state index contributed by atoms with van der Waals surface area (Å²) in [4.78, 5) is 28.2. The van der Waals surface area contributed by atoms with E-state index in [1.807, 2.05) is 19.1 Å². The second-order valence-corrected chi connectivity index (χ2v) is 12.7. The molecule has 208 valence electrons. The first kappa shape index (κ1) is 30.3. The maximum atomic E-state index is 13.5. The van der Waals surface area contributed by atoms with Gasteiger partial charge >= 0.3 is 0 Å². The molecule has 2 aromatic rings. The van der Waals surface area contributed by atoms with Crippen LogP contribution >= 0.6 is 23.2 Å². The summed E-state index contributed by atoms with van der Waals surface area (Å²) in [5, 5.41) is 3.93. The van der Waals surface area contributed by atoms with Crippen LogP contribution in [-0.4, -0.2) is 50.0 Å². The molecule has 3 rings (SSSR count). The van der Waals surface area contributed by atoms with E-state index in [1.54, 1.807) is 37.3 Å². The van der Waals surface area contributed by atoms with E-state index in [1.165, 1.54) is 15.6 Å². The van der Waals surface area contributed by atoms with Crippen LogP contribution in [0.3, 0.4) is 0 Å². The Morgan fingerprint density at radius 2 is 1.63 bits per heavy atom. The molecule has 1 aliphatic carbocycles. The summed E-state index contributed by atoms with van der Waals surface area (Å²) >= 11 is 12.8. The predicted octanol–water partition coefficient (Wildman–Crippen LogP) is 5.71. The number of sulfonamides is 1. The van der Waals surface area contributed by atoms with Crippen molar-refractivity contribution in [2.75, 3.05) is 17.1 Å². The van der Waals surface area contributed by atoms with Crippen LogP contribution in [0.25, 0.3) is 0 Å². The fourth-order valence-corrected chi connectivity index (χ4v) is 6.20. The van der Waals surface area contributed by atoms with Gasteiger partial charge in [-0.2, -0.15) is 0 Å². The average molecular weight is 583 g/mol. The summed E-state index contributed by atoms with van der Waals surface area (Å²) in [7, 11) is -3.55. The van der Waals surface area contributed by atoms with Gasteiger partial charge in [0.05, 0.1) is 11.9 Å². The van der Waals surface area contributed by atoms with E-state index in [-0.39, 0.29) is 43.8 Å². The molecule has 1 atom stereocenters. The summed E-state index contributed by atoms with van der Waals surface area (Å²) in [6.45, 7) is 3.84. The number of aryl methyl sites for hydroxylation is 1. The van der Waals surface area contributed by atoms with Crippen LogP contribution in [0, 0.1) is 6.92 Å². The zero-order chi connectivity index (χ0) is 27.9. The Morgan fingerprint density at radius 1 is 1.03 bits per heavy atom. The summed E-state index contributed by atoms with van der Waals surface area (Å²) < 4.78 is 26.3. The number of benzene rings is 2. The molecule has 7 nitrogen and oxygen atoms in total. The number of hydrogen-bond donors (Lipinski definition) is 1. The SMILES string of the molecule is Cc1ccc(N(CCCC(=O)N(Cc2c(Cl)cccc2Cl)[C@@H](C)C(=O)NC2CCCCC2)S(C)(=O)=O)cc1. The second-order valence-electron chi connectivity index (χ2n) is 10.0. The molecular weight excluding hydrogens is 545 g/mol. The number of hydrogen-bond acceptors (Lipinski definition) is 4. The van der Waals surface area contributed by atoms with Crippen molar-refractivity contribution < 1.29 is 18.0 Å². The van der Waals surface area contributed by atoms with Gasteiger partial charge in [-0.1, -0.05) is 66.2 Å². The summed E-state index contributed by atoms with van der Waals surface area (Å²) in [6.07, 6.45) is 6.68. The van der Waals surface area contributed by atoms with Crippen molar-refractivity contribution in [3.8, 4) is 0 Å². The van der Waals surface area contributed by atoms with Gasteiger partial charge in [0.15, 0.2) is 0 Å². The van der Waals surface area contributed by atoms with Crippen LogP contribution < -0.4 is 9.62 Å². The molecule has 0 aromatic heterocycles. The third-order valence-electron chi connectivity index (χ3n) is 6.98. The largest absolute Gasteiger partial charge is 0.352 e. The van der Waals surface area contributed by atoms with Gasteiger partial charge in [0.2, 0.25) is 21.8 Å². The molecule has 1 fully saturated rings. The van der Waals surface area contributed by atoms with Gasteiger partial charge in [0, 0.05) is 41.2 Å². The molecule has 1 aliphatic rings. The highest BCUT2D eigenvalue weighted by Crippen LogP contribution is 2.27. The van der Waals surface area contributed by atoms with Gasteiger partial charge in [-0.25, -0.2) is 8.42 Å². The van der Waals surface area contributed by atoms with E-state index < -0.39 is 16.1 Å². The predicted molar refractivity (Wildman–Crippen MR) is 154 cm³/mol. The second kappa shape index (κ2) is 13.7. The highest BCUT2D eigenvalue weighted by Gasteiger charge is 2.29. The molecule has 0 unspecified atom stereocenters. The van der Waals surface area contributed by atoms with Gasteiger partial charge < -0.3 is 10.2 Å². The van der Waals surface area contributed by atoms with Crippen molar-refractivity contribution in [2.24, 2.45) is 0 Å². The maximum Gasteiger partial charge on any atom is 0.242 e. The zero-order valence-electron chi connectivity index (χ0n) is 22.3. The highest BCUT2D eigenvalue weighted by molar-refractivity contribution is 7.92. The van der Waals surface area contributed by atoms with Crippen LogP contribution in [0.1, 0.15) is 63.0 Å². The lowest BCUT2D eigenvalue weighted by Gasteiger charge is -2.32. The quantitative estimate of drug-likeness (QED) is 0.368. The number of halogens is 2. The average Bonchev–Trinajstić information content (AvgIpc) is 2.86. The number of rotatable bonds is 11. The molecule has 2 aromatic carbocycles. The van der Waals surface area contributed by atoms with Crippen LogP contribution in [-0.2, 0) is 26.2 Å². The molecule has 10 heteroatoms. The summed E-state index contributed by atoms with van der Waals surface area (Å²) in [5.74, 6) is -0.490. The molecule has 1 saturated carbocycles. The Balaban J connectivity index is 1.75. The first-order valence-electron chi connectivity index (χ1n) is 13.0. The highest BCUT2D eigenvalue weighted by atomic mass is 35.5. The first-order chi connectivity index (χ1) is 18.0. The number of carbonyl (C=O) groups is 2. The fourth-order valence-electron chi connectivity index (χ4n) is 4.72. The van der Waals surface area contributed by atoms with Crippen molar-refractivity contribution in [2.45, 2.75) is 77.4 Å². The Labute approximate surface area is 236 Å². The third kappa shape index (κ3) is 8.35. The van der Waals surface area contributed by atoms with Gasteiger partial charge in [0.25, 0.3) is 0 Å². The van der Waals surface area contributed by atoms with Gasteiger partial charge in [0.1, 0.15) is 6.04 Å². The smallest absolute Gasteiger partial charge is 0.242 e. The Kier molecular flexibility index (Phi) is 10.9. The van der Waals surface area contributed by atoms with Crippen LogP contribution in [0.2, 0.25) is 10.0 Å². The van der Waals surface area contributed by atoms with Crippen molar-refractivity contribution in [3.63, 3.8) is 0 Å². The summed E-state index contributed by atoms with van der Waals surface area (Å²) in [5.41, 5.74) is 2.14. The standard InChI is InChI=1S/C28H37Cl2N3O4S/c1-20-14-16-23(17-15-20)33(38(3,36)37)18-8-13-27(34)32(19-24-25(29)11-7-12-26(24)30)21(2)28(35)31-22-9-5-4-6-10-22/h7,11-12,14-17,21-22H,4-6,8-10,13,18-19H2,1-3H3,(H,31,35)/t21-/m0/s1. The Hall–Kier alpha value is -2.29. The molecule has 0 aliphatic heterocycles. The Morgan fingerprint density at radius 3 is 2.21 bits per heavy atom. The van der Waals surface area contributed by atoms with Crippen molar-refractivity contribution in [1.29, 1.82) is 0 Å². The normalized spacial score (nSPS) is 15.1. The fraction of sp³-hybridized carbons (Fsp3) is 0.500. The molecule has 0 saturated heterocycles. The first-order valence-corrected chi connectivity index (χ1v) is 15.6. The lowest BCUT2D eigenvalue weighted by atomic mass is 9.95. The molecule has 0 radical (unpaired) electrons. The van der Waals surface area contributed by atoms with E-state index in [9.17, 15) is 18.0 Å². The van der Waals surface area contributed by atoms with Gasteiger partial charge in [-0.05, 0) is 57.4 Å². The Bertz CT molecular complexity index is 1190. The minimum absolute atomic E-state index is 0.0565. The lowest BCUT2D eigenvalue weighted by molar-refractivity contribution is -0.141. The zero-order valence-corrected chi connectivity index (χ0v) is 24.6. The molecule has 2 amide bonds. The van der Waals surface area contributed by atoms with E-state index >= 15 is 0 Å². The van der Waals surface area contributed by atoms with Gasteiger partial charge in [-0.15, -0.1) is 0 Å². The number of nitrogens with one attached hydrogen (secondary N) is 1. The van der Waals surface area contributed by atoms with Crippen molar-refractivity contribution in [1.82, 2.24) is 10.2 Å². The minimum atomic E-state index is -3.55. The van der Waals surface area contributed by atoms with E-state index in [2.05, 4.69) is 5.32 Å². The molecule has 0 bridgehead atoms. The minimum Gasteiger partial charge on any atom is -0.352 e. The van der Waals surface area contributed by atoms with E-state index in [0.717, 1.165) is 37.5 Å². The lowest BCUT2D eigenvalue weighted by Crippen LogP contribution is -2.50. The van der Waals surface area contributed by atoms with Crippen LogP contribution in [0.5, 0.6) is 0 Å². The molecule has 38 heavy (non-hydrogen) atoms.